The van der Waals surface area contributed by atoms with E-state index in [0.717, 1.165) is 62.5 Å². The van der Waals surface area contributed by atoms with E-state index in [4.69, 9.17) is 4.98 Å². The van der Waals surface area contributed by atoms with Crippen molar-refractivity contribution in [2.24, 2.45) is 5.92 Å². The number of amides is 1. The minimum atomic E-state index is 0.0414. The molecule has 31 heavy (non-hydrogen) atoms. The van der Waals surface area contributed by atoms with Crippen LogP contribution in [0.25, 0.3) is 11.0 Å². The van der Waals surface area contributed by atoms with Crippen molar-refractivity contribution in [3.63, 3.8) is 0 Å². The Kier molecular flexibility index (Phi) is 5.30. The van der Waals surface area contributed by atoms with Gasteiger partial charge in [-0.05, 0) is 56.5 Å². The van der Waals surface area contributed by atoms with Gasteiger partial charge >= 0.3 is 0 Å². The maximum atomic E-state index is 13.4. The fraction of sp³-hybridized carbons (Fsp3) is 0.440. The fourth-order valence-electron chi connectivity index (χ4n) is 5.07. The van der Waals surface area contributed by atoms with Crippen molar-refractivity contribution in [1.29, 1.82) is 0 Å². The first-order chi connectivity index (χ1) is 15.1. The summed E-state index contributed by atoms with van der Waals surface area (Å²) in [5.74, 6) is 1.23. The quantitative estimate of drug-likeness (QED) is 0.704. The van der Waals surface area contributed by atoms with E-state index in [0.29, 0.717) is 11.9 Å². The molecule has 5 rings (SSSR count). The molecule has 0 radical (unpaired) electrons. The molecule has 1 N–H and O–H groups in total. The average Bonchev–Trinajstić information content (AvgIpc) is 3.23. The Morgan fingerprint density at radius 2 is 1.94 bits per heavy atom. The van der Waals surface area contributed by atoms with Gasteiger partial charge in [0.15, 0.2) is 0 Å². The maximum Gasteiger partial charge on any atom is 0.227 e. The smallest absolute Gasteiger partial charge is 0.227 e. The Morgan fingerprint density at radius 3 is 2.74 bits per heavy atom. The van der Waals surface area contributed by atoms with Crippen LogP contribution in [0.4, 0.5) is 11.6 Å². The van der Waals surface area contributed by atoms with Crippen LogP contribution in [-0.2, 0) is 4.79 Å². The molecule has 0 saturated carbocycles. The summed E-state index contributed by atoms with van der Waals surface area (Å²) in [5, 5.41) is 0. The topological polar surface area (TPSA) is 55.5 Å². The van der Waals surface area contributed by atoms with Crippen LogP contribution in [0.15, 0.2) is 48.5 Å². The van der Waals surface area contributed by atoms with Crippen LogP contribution in [0, 0.1) is 12.8 Å². The summed E-state index contributed by atoms with van der Waals surface area (Å²) in [4.78, 5) is 28.3. The van der Waals surface area contributed by atoms with Crippen LogP contribution >= 0.6 is 0 Å². The zero-order chi connectivity index (χ0) is 21.4. The molecule has 162 valence electrons. The molecule has 2 aromatic carbocycles. The number of carbonyl (C=O) groups excluding carboxylic acids is 1. The first-order valence-corrected chi connectivity index (χ1v) is 11.4. The van der Waals surface area contributed by atoms with E-state index < -0.39 is 0 Å². The molecular weight excluding hydrogens is 386 g/mol. The van der Waals surface area contributed by atoms with Gasteiger partial charge in [0.05, 0.1) is 17.0 Å². The number of rotatable bonds is 3. The number of imidazole rings is 1. The lowest BCUT2D eigenvalue weighted by molar-refractivity contribution is -0.136. The predicted molar refractivity (Wildman–Crippen MR) is 126 cm³/mol. The first kappa shape index (κ1) is 19.9. The second kappa shape index (κ2) is 8.25. The van der Waals surface area contributed by atoms with E-state index in [1.165, 1.54) is 11.3 Å². The highest BCUT2D eigenvalue weighted by molar-refractivity contribution is 5.81. The number of piperidine rings is 1. The molecule has 1 amide bonds. The minimum Gasteiger partial charge on any atom is -0.365 e. The number of nitrogens with one attached hydrogen (secondary N) is 1. The molecule has 3 heterocycles. The number of para-hydroxylation sites is 2. The second-order valence-electron chi connectivity index (χ2n) is 9.03. The molecule has 6 heteroatoms. The van der Waals surface area contributed by atoms with E-state index in [1.807, 2.05) is 24.3 Å². The van der Waals surface area contributed by atoms with Crippen LogP contribution in [-0.4, -0.2) is 59.5 Å². The monoisotopic (exact) mass is 417 g/mol. The predicted octanol–water partition coefficient (Wildman–Crippen LogP) is 3.83. The highest BCUT2D eigenvalue weighted by Gasteiger charge is 2.34. The summed E-state index contributed by atoms with van der Waals surface area (Å²) in [5.41, 5.74) is 4.56. The van der Waals surface area contributed by atoms with Crippen molar-refractivity contribution >= 4 is 28.6 Å². The van der Waals surface area contributed by atoms with Crippen molar-refractivity contribution in [1.82, 2.24) is 14.9 Å². The summed E-state index contributed by atoms with van der Waals surface area (Å²) >= 11 is 0. The van der Waals surface area contributed by atoms with Gasteiger partial charge in [0.1, 0.15) is 0 Å². The number of fused-ring (bicyclic) bond motifs is 1. The molecule has 1 aromatic heterocycles. The number of anilines is 2. The minimum absolute atomic E-state index is 0.0414. The third kappa shape index (κ3) is 3.99. The van der Waals surface area contributed by atoms with E-state index in [9.17, 15) is 4.79 Å². The number of H-pyrrole nitrogens is 1. The van der Waals surface area contributed by atoms with Crippen molar-refractivity contribution in [2.75, 3.05) is 42.5 Å². The van der Waals surface area contributed by atoms with Gasteiger partial charge in [-0.1, -0.05) is 24.3 Å². The molecule has 3 aromatic rings. The van der Waals surface area contributed by atoms with E-state index >= 15 is 0 Å². The van der Waals surface area contributed by atoms with Crippen molar-refractivity contribution < 1.29 is 4.79 Å². The largest absolute Gasteiger partial charge is 0.365 e. The van der Waals surface area contributed by atoms with Gasteiger partial charge in [0.2, 0.25) is 11.9 Å². The zero-order valence-corrected chi connectivity index (χ0v) is 18.4. The van der Waals surface area contributed by atoms with Crippen molar-refractivity contribution in [3.05, 3.63) is 54.1 Å². The molecule has 0 spiro atoms. The van der Waals surface area contributed by atoms with Crippen molar-refractivity contribution in [3.8, 4) is 0 Å². The first-order valence-electron chi connectivity index (χ1n) is 11.4. The number of hydrogen-bond acceptors (Lipinski definition) is 4. The Hall–Kier alpha value is -3.02. The summed E-state index contributed by atoms with van der Waals surface area (Å²) in [6.07, 6.45) is 1.98. The highest BCUT2D eigenvalue weighted by atomic mass is 16.2. The molecule has 6 nitrogen and oxygen atoms in total. The number of aryl methyl sites for hydroxylation is 1. The van der Waals surface area contributed by atoms with Gasteiger partial charge in [-0.15, -0.1) is 0 Å². The average molecular weight is 418 g/mol. The normalized spacial score (nSPS) is 22.2. The van der Waals surface area contributed by atoms with Gasteiger partial charge in [-0.2, -0.15) is 0 Å². The Morgan fingerprint density at radius 1 is 1.06 bits per heavy atom. The molecule has 0 bridgehead atoms. The van der Waals surface area contributed by atoms with Crippen LogP contribution in [0.3, 0.4) is 0 Å². The van der Waals surface area contributed by atoms with E-state index in [2.05, 4.69) is 57.8 Å². The lowest BCUT2D eigenvalue weighted by Gasteiger charge is -2.43. The molecule has 2 aliphatic heterocycles. The number of benzene rings is 2. The van der Waals surface area contributed by atoms with Gasteiger partial charge in [0, 0.05) is 44.5 Å². The molecule has 2 aliphatic rings. The lowest BCUT2D eigenvalue weighted by atomic mass is 9.96. The summed E-state index contributed by atoms with van der Waals surface area (Å²) in [6, 6.07) is 17.1. The van der Waals surface area contributed by atoms with E-state index in [1.54, 1.807) is 0 Å². The third-order valence-electron chi connectivity index (χ3n) is 6.72. The molecule has 2 saturated heterocycles. The van der Waals surface area contributed by atoms with E-state index in [-0.39, 0.29) is 5.92 Å². The van der Waals surface area contributed by atoms with Gasteiger partial charge in [-0.25, -0.2) is 4.98 Å². The fourth-order valence-corrected chi connectivity index (χ4v) is 5.07. The number of aromatic amines is 1. The number of aromatic nitrogens is 2. The van der Waals surface area contributed by atoms with Crippen molar-refractivity contribution in [2.45, 2.75) is 32.7 Å². The van der Waals surface area contributed by atoms with Crippen LogP contribution in [0.1, 0.15) is 25.3 Å². The van der Waals surface area contributed by atoms with Gasteiger partial charge in [-0.3, -0.25) is 4.79 Å². The maximum absolute atomic E-state index is 13.4. The number of carbonyl (C=O) groups is 1. The lowest BCUT2D eigenvalue weighted by Crippen LogP contribution is -2.56. The summed E-state index contributed by atoms with van der Waals surface area (Å²) in [7, 11) is 0. The summed E-state index contributed by atoms with van der Waals surface area (Å²) in [6.45, 7) is 8.50. The number of hydrogen-bond donors (Lipinski definition) is 1. The van der Waals surface area contributed by atoms with Gasteiger partial charge in [0.25, 0.3) is 0 Å². The third-order valence-corrected chi connectivity index (χ3v) is 6.72. The van der Waals surface area contributed by atoms with Crippen LogP contribution < -0.4 is 9.80 Å². The Labute approximate surface area is 183 Å². The van der Waals surface area contributed by atoms with Crippen LogP contribution in [0.5, 0.6) is 0 Å². The Balaban J connectivity index is 1.25. The molecule has 2 atom stereocenters. The molecule has 0 unspecified atom stereocenters. The summed E-state index contributed by atoms with van der Waals surface area (Å²) < 4.78 is 0. The molecule has 2 fully saturated rings. The Bertz CT molecular complexity index is 1040. The number of piperazine rings is 1. The molecular formula is C25H31N5O. The van der Waals surface area contributed by atoms with Gasteiger partial charge < -0.3 is 19.7 Å². The molecule has 0 aliphatic carbocycles. The second-order valence-corrected chi connectivity index (χ2v) is 9.03. The number of nitrogens with zero attached hydrogens (tertiary/aromatic N) is 4. The SMILES string of the molecule is Cc1cccc(N2CCN(C(=O)[C@@H]3CCCN(c4nc5ccccc5[nH]4)C3)C[C@H]2C)c1. The standard InChI is InChI=1S/C25H31N5O/c1-18-7-5-9-21(15-18)30-14-13-28(16-19(30)2)24(31)20-8-6-12-29(17-20)25-26-22-10-3-4-11-23(22)27-25/h3-5,7,9-11,15,19-20H,6,8,12-14,16-17H2,1-2H3,(H,26,27)/t19-,20-/m1/s1. The highest BCUT2D eigenvalue weighted by Crippen LogP contribution is 2.27. The van der Waals surface area contributed by atoms with Crippen LogP contribution in [0.2, 0.25) is 0 Å². The zero-order valence-electron chi connectivity index (χ0n) is 18.4.